The van der Waals surface area contributed by atoms with Gasteiger partial charge in [0, 0.05) is 113 Å². The molecule has 19 nitrogen and oxygen atoms in total. The molecule has 4 aliphatic heterocycles. The van der Waals surface area contributed by atoms with Crippen LogP contribution in [0.1, 0.15) is 104 Å². The van der Waals surface area contributed by atoms with Crippen LogP contribution < -0.4 is 48.7 Å². The molecule has 6 aromatic heterocycles. The van der Waals surface area contributed by atoms with E-state index in [9.17, 15) is 10.0 Å². The number of thiol groups is 1. The Kier molecular flexibility index (Phi) is 35.7. The molecule has 8 atom stereocenters. The first-order chi connectivity index (χ1) is 47.3. The van der Waals surface area contributed by atoms with Crippen LogP contribution in [0.4, 0.5) is 29.0 Å². The minimum atomic E-state index is -1.46. The SMILES string of the molecule is Cc1cccc(Br)n1.Cc1cccc(N2C[C@@H](C)O[C@@H](C)C2)n1.Cc1nc(N2C[C@@H](C)O[C@@H](C)C2)ccc1B(O)O.Cc1nc(N2C[C@@H](C)O[C@@H](C)C2)ccc1Br.[B]=NS.[C-]#[N+]c1ccc(-c2cccc3c(OC)c(-c4ccc(N5C[C@@H](C)O[C@@H](C)C5)nc4C)cnc23)cc1.[CH2-]CCC.[Li+]. The zero-order chi connectivity index (χ0) is 72.5. The number of morpholine rings is 4. The zero-order valence-corrected chi connectivity index (χ0v) is 65.2. The van der Waals surface area contributed by atoms with Crippen molar-refractivity contribution in [3.63, 3.8) is 0 Å². The van der Waals surface area contributed by atoms with Crippen molar-refractivity contribution in [3.8, 4) is 28.0 Å². The molecule has 25 heteroatoms. The molecule has 4 fully saturated rings. The van der Waals surface area contributed by atoms with Crippen molar-refractivity contribution in [1.29, 1.82) is 0 Å². The smallest absolute Gasteiger partial charge is 0.495 e. The molecular weight excluding hydrogens is 1400 g/mol. The number of nitrogens with zero attached hydrogens (tertiary/aromatic N) is 12. The third kappa shape index (κ3) is 25.9. The summed E-state index contributed by atoms with van der Waals surface area (Å²) in [4.78, 5) is 40.0. The summed E-state index contributed by atoms with van der Waals surface area (Å²) in [5, 5.41) is 19.3. The number of unbranched alkanes of at least 4 members (excludes halogenated alkanes) is 1. The van der Waals surface area contributed by atoms with Crippen molar-refractivity contribution in [2.45, 2.75) is 159 Å². The molecule has 4 aliphatic rings. The molecule has 527 valence electrons. The van der Waals surface area contributed by atoms with E-state index in [2.05, 4.69) is 193 Å². The summed E-state index contributed by atoms with van der Waals surface area (Å²) in [6.45, 7) is 46.4. The van der Waals surface area contributed by atoms with Gasteiger partial charge in [-0.3, -0.25) is 4.98 Å². The number of ether oxygens (including phenoxy) is 5. The van der Waals surface area contributed by atoms with Crippen LogP contribution in [0.3, 0.4) is 0 Å². The second kappa shape index (κ2) is 42.3. The third-order valence-corrected chi connectivity index (χ3v) is 17.5. The maximum absolute atomic E-state index is 9.17. The fraction of sp³-hybridized carbons (Fsp3) is 0.440. The van der Waals surface area contributed by atoms with E-state index in [0.29, 0.717) is 16.8 Å². The van der Waals surface area contributed by atoms with E-state index >= 15 is 0 Å². The summed E-state index contributed by atoms with van der Waals surface area (Å²) < 4.78 is 33.6. The predicted molar refractivity (Wildman–Crippen MR) is 415 cm³/mol. The molecule has 0 bridgehead atoms. The molecule has 0 saturated carbocycles. The Bertz CT molecular complexity index is 3830. The van der Waals surface area contributed by atoms with Gasteiger partial charge in [-0.15, -0.1) is 0 Å². The molecular formula is C75H98B2Br2LiN12O7S. The van der Waals surface area contributed by atoms with Crippen LogP contribution in [0.15, 0.2) is 135 Å². The Morgan fingerprint density at radius 2 is 0.980 bits per heavy atom. The topological polar surface area (TPSA) is 194 Å². The number of halogens is 2. The number of anilines is 4. The number of pyridine rings is 6. The van der Waals surface area contributed by atoms with E-state index in [1.54, 1.807) is 20.1 Å². The monoisotopic (exact) mass is 1500 g/mol. The second-order valence-electron chi connectivity index (χ2n) is 25.2. The number of hydrogen-bond donors (Lipinski definition) is 3. The number of aryl methyl sites for hydroxylation is 5. The Balaban J connectivity index is 0.000000236. The molecule has 100 heavy (non-hydrogen) atoms. The Hall–Kier alpha value is -6.31. The Morgan fingerprint density at radius 3 is 1.36 bits per heavy atom. The summed E-state index contributed by atoms with van der Waals surface area (Å²) in [6, 6.07) is 37.5. The number of fused-ring (bicyclic) bond motifs is 1. The summed E-state index contributed by atoms with van der Waals surface area (Å²) in [5.74, 6) is 4.71. The van der Waals surface area contributed by atoms with Crippen molar-refractivity contribution in [2.75, 3.05) is 79.1 Å². The van der Waals surface area contributed by atoms with E-state index in [0.717, 1.165) is 153 Å². The number of hydrogen-bond acceptors (Lipinski definition) is 19. The molecule has 0 unspecified atom stereocenters. The average Bonchev–Trinajstić information content (AvgIpc) is 0.787. The van der Waals surface area contributed by atoms with E-state index < -0.39 is 7.12 Å². The first-order valence-electron chi connectivity index (χ1n) is 33.6. The molecule has 0 aliphatic carbocycles. The van der Waals surface area contributed by atoms with Gasteiger partial charge in [0.1, 0.15) is 33.6 Å². The normalized spacial score (nSPS) is 19.9. The molecule has 1 radical (unpaired) electrons. The van der Waals surface area contributed by atoms with E-state index in [4.69, 9.17) is 40.2 Å². The maximum atomic E-state index is 9.17. The van der Waals surface area contributed by atoms with Crippen LogP contribution in [0, 0.1) is 48.1 Å². The van der Waals surface area contributed by atoms with Crippen molar-refractivity contribution < 1.29 is 52.6 Å². The van der Waals surface area contributed by atoms with E-state index in [1.807, 2.05) is 121 Å². The van der Waals surface area contributed by atoms with Gasteiger partial charge >= 0.3 is 50.7 Å². The van der Waals surface area contributed by atoms with Gasteiger partial charge in [-0.05, 0) is 188 Å². The number of benzene rings is 2. The molecule has 0 amide bonds. The number of aromatic nitrogens is 6. The van der Waals surface area contributed by atoms with Crippen LogP contribution in [-0.4, -0.2) is 163 Å². The molecule has 12 rings (SSSR count). The summed E-state index contributed by atoms with van der Waals surface area (Å²) in [5.41, 5.74) is 10.6. The minimum absolute atomic E-state index is 0. The van der Waals surface area contributed by atoms with Crippen molar-refractivity contribution in [2.24, 2.45) is 4.30 Å². The van der Waals surface area contributed by atoms with Crippen LogP contribution in [0.25, 0.3) is 38.0 Å². The van der Waals surface area contributed by atoms with Crippen molar-refractivity contribution in [3.05, 3.63) is 177 Å². The van der Waals surface area contributed by atoms with E-state index in [1.165, 1.54) is 6.42 Å². The maximum Gasteiger partial charge on any atom is 1.00 e. The van der Waals surface area contributed by atoms with Gasteiger partial charge in [0.2, 0.25) is 0 Å². The van der Waals surface area contributed by atoms with E-state index in [-0.39, 0.29) is 67.7 Å². The van der Waals surface area contributed by atoms with Crippen molar-refractivity contribution in [1.82, 2.24) is 29.9 Å². The van der Waals surface area contributed by atoms with Crippen LogP contribution >= 0.6 is 44.7 Å². The van der Waals surface area contributed by atoms with Gasteiger partial charge in [0.05, 0.1) is 73.7 Å². The second-order valence-corrected chi connectivity index (χ2v) is 27.1. The van der Waals surface area contributed by atoms with Crippen LogP contribution in [0.2, 0.25) is 0 Å². The first-order valence-corrected chi connectivity index (χ1v) is 35.6. The molecule has 10 heterocycles. The largest absolute Gasteiger partial charge is 1.00 e. The molecule has 0 spiro atoms. The van der Waals surface area contributed by atoms with Gasteiger partial charge in [0.15, 0.2) is 5.69 Å². The fourth-order valence-corrected chi connectivity index (χ4v) is 12.6. The van der Waals surface area contributed by atoms with Gasteiger partial charge in [-0.2, -0.15) is 6.42 Å². The standard InChI is InChI=1S/C29H28N4O2.C12H19BN2O3.C12H17BrN2O.C12H18N2O.C6H6BrN.C4H9.BHNS.Li/c1-18-16-33(17-19(2)35-18)27-14-13-23(20(3)32-27)26-15-31-28-24(7-6-8-25(28)29(26)34-5)21-9-11-22(30-4)12-10-21;1-8-6-15(7-9(2)18-8)12-5-4-11(13(16)17)10(3)14-12;1-8-6-15(7-9(2)16-8)12-5-4-11(13)10(3)14-12;1-9-5-4-6-12(13-9)14-7-10(2)15-11(3)8-14;1-5-3-2-4-6(7)8-5;1-3-4-2;1-2-3;/h6-15,18-19H,16-17H2,1-3,5H3;4-5,8-9,16-17H,6-7H2,1-3H3;4-5,8-9H,6-7H2,1-3H3;4-6,10-11H,7-8H2,1-3H3;2-4H,1H3;1,3-4H2,2H3;3H;/q;;;;;-1;;+1/t18-,19+;2*8-,9+;10-,11+;;;;. The van der Waals surface area contributed by atoms with Crippen molar-refractivity contribution >= 4 is 105 Å². The number of methoxy groups -OCH3 is 1. The Morgan fingerprint density at radius 1 is 0.570 bits per heavy atom. The third-order valence-electron chi connectivity index (χ3n) is 16.2. The van der Waals surface area contributed by atoms with Gasteiger partial charge in [-0.25, -0.2) is 29.8 Å². The summed E-state index contributed by atoms with van der Waals surface area (Å²) in [7, 11) is 4.57. The average molecular weight is 1500 g/mol. The predicted octanol–water partition coefficient (Wildman–Crippen LogP) is 11.9. The molecule has 8 aromatic rings. The van der Waals surface area contributed by atoms with Gasteiger partial charge < -0.3 is 60.3 Å². The number of para-hydroxylation sites is 1. The zero-order valence-electron chi connectivity index (χ0n) is 61.1. The van der Waals surface area contributed by atoms with Gasteiger partial charge in [-0.1, -0.05) is 67.9 Å². The minimum Gasteiger partial charge on any atom is -0.495 e. The summed E-state index contributed by atoms with van der Waals surface area (Å²) >= 11 is 9.91. The Labute approximate surface area is 630 Å². The fourth-order valence-electron chi connectivity index (χ4n) is 12.0. The van der Waals surface area contributed by atoms with Crippen LogP contribution in [0.5, 0.6) is 5.75 Å². The first kappa shape index (κ1) is 84.3. The van der Waals surface area contributed by atoms with Crippen LogP contribution in [-0.2, 0) is 18.9 Å². The molecule has 2 aromatic carbocycles. The van der Waals surface area contributed by atoms with Gasteiger partial charge in [0.25, 0.3) is 0 Å². The summed E-state index contributed by atoms with van der Waals surface area (Å²) in [6.07, 6.45) is 5.99. The number of rotatable bonds is 9. The molecule has 2 N–H and O–H groups in total. The quantitative estimate of drug-likeness (QED) is 0.0534. The molecule has 4 saturated heterocycles.